The van der Waals surface area contributed by atoms with Gasteiger partial charge in [0, 0.05) is 60.9 Å². The zero-order chi connectivity index (χ0) is 30.3. The molecule has 4 heterocycles. The SMILES string of the molecule is C[C@@H]1[C@@H]([Si](C)(C)O)[C@H](CCn2cc(CCO)nn2)O[C@@]12C(=O)N(C)c1ccc(N3C(=O)c4cccc5cccc3c45)cc12. The molecule has 4 atom stereocenters. The maximum absolute atomic E-state index is 14.2. The topological polar surface area (TPSA) is 121 Å². The number of carbonyl (C=O) groups excluding carboxylic acids is 2. The maximum atomic E-state index is 14.2. The quantitative estimate of drug-likeness (QED) is 0.308. The number of anilines is 3. The van der Waals surface area contributed by atoms with Crippen molar-refractivity contribution in [1.29, 1.82) is 0 Å². The normalized spacial score (nSPS) is 24.7. The average Bonchev–Trinajstić information content (AvgIpc) is 3.69. The Kier molecular flexibility index (Phi) is 6.37. The molecule has 3 aromatic carbocycles. The molecule has 43 heavy (non-hydrogen) atoms. The number of benzene rings is 3. The van der Waals surface area contributed by atoms with Gasteiger partial charge in [0.05, 0.1) is 28.7 Å². The predicted octanol–water partition coefficient (Wildman–Crippen LogP) is 4.12. The number of fused-ring (bicyclic) bond motifs is 2. The molecule has 7 rings (SSSR count). The van der Waals surface area contributed by atoms with Crippen molar-refractivity contribution in [2.75, 3.05) is 23.5 Å². The van der Waals surface area contributed by atoms with Crippen molar-refractivity contribution in [3.05, 3.63) is 77.6 Å². The van der Waals surface area contributed by atoms with E-state index in [0.717, 1.165) is 27.7 Å². The molecule has 1 fully saturated rings. The van der Waals surface area contributed by atoms with Crippen LogP contribution in [0.1, 0.15) is 35.0 Å². The molecular formula is C32H35N5O5Si. The Balaban J connectivity index is 1.29. The Labute approximate surface area is 250 Å². The van der Waals surface area contributed by atoms with Gasteiger partial charge in [-0.25, -0.2) is 0 Å². The highest BCUT2D eigenvalue weighted by atomic mass is 28.4. The molecule has 3 aliphatic heterocycles. The van der Waals surface area contributed by atoms with Crippen LogP contribution in [0.3, 0.4) is 0 Å². The number of rotatable bonds is 7. The van der Waals surface area contributed by atoms with Crippen LogP contribution in [0.15, 0.2) is 60.8 Å². The first-order chi connectivity index (χ1) is 20.6. The highest BCUT2D eigenvalue weighted by Crippen LogP contribution is 2.60. The second-order valence-electron chi connectivity index (χ2n) is 12.5. The summed E-state index contributed by atoms with van der Waals surface area (Å²) in [6.45, 7) is 6.31. The Hall–Kier alpha value is -3.90. The summed E-state index contributed by atoms with van der Waals surface area (Å²) in [7, 11) is -1.07. The largest absolute Gasteiger partial charge is 0.432 e. The van der Waals surface area contributed by atoms with E-state index in [0.29, 0.717) is 36.3 Å². The Bertz CT molecular complexity index is 1780. The third-order valence-corrected chi connectivity index (χ3v) is 12.0. The van der Waals surface area contributed by atoms with Crippen LogP contribution in [0.25, 0.3) is 10.8 Å². The van der Waals surface area contributed by atoms with E-state index in [2.05, 4.69) is 10.3 Å². The fourth-order valence-corrected chi connectivity index (χ4v) is 10.3. The van der Waals surface area contributed by atoms with Gasteiger partial charge in [-0.15, -0.1) is 5.10 Å². The lowest BCUT2D eigenvalue weighted by Crippen LogP contribution is -2.45. The molecule has 10 nitrogen and oxygen atoms in total. The number of hydrogen-bond donors (Lipinski definition) is 2. The minimum Gasteiger partial charge on any atom is -0.432 e. The van der Waals surface area contributed by atoms with Crippen molar-refractivity contribution in [1.82, 2.24) is 15.0 Å². The Morgan fingerprint density at radius 2 is 1.84 bits per heavy atom. The first-order valence-corrected chi connectivity index (χ1v) is 17.8. The van der Waals surface area contributed by atoms with E-state index in [4.69, 9.17) is 4.74 Å². The molecule has 1 aromatic heterocycles. The molecule has 222 valence electrons. The van der Waals surface area contributed by atoms with E-state index in [1.807, 2.05) is 80.8 Å². The van der Waals surface area contributed by atoms with Crippen molar-refractivity contribution in [2.45, 2.75) is 56.7 Å². The van der Waals surface area contributed by atoms with E-state index >= 15 is 0 Å². The zero-order valence-electron chi connectivity index (χ0n) is 24.7. The molecule has 1 saturated heterocycles. The van der Waals surface area contributed by atoms with Crippen molar-refractivity contribution < 1.29 is 24.2 Å². The first kappa shape index (κ1) is 27.9. The van der Waals surface area contributed by atoms with Crippen LogP contribution in [0, 0.1) is 5.92 Å². The van der Waals surface area contributed by atoms with Crippen LogP contribution in [0.4, 0.5) is 17.1 Å². The van der Waals surface area contributed by atoms with E-state index in [-0.39, 0.29) is 29.9 Å². The summed E-state index contributed by atoms with van der Waals surface area (Å²) in [5.41, 5.74) is 2.79. The second kappa shape index (κ2) is 9.81. The molecule has 2 N–H and O–H groups in total. The summed E-state index contributed by atoms with van der Waals surface area (Å²) in [4.78, 5) is 42.8. The lowest BCUT2D eigenvalue weighted by Gasteiger charge is -2.32. The molecule has 0 bridgehead atoms. The van der Waals surface area contributed by atoms with Gasteiger partial charge in [-0.2, -0.15) is 0 Å². The van der Waals surface area contributed by atoms with Gasteiger partial charge in [-0.1, -0.05) is 36.4 Å². The number of aromatic nitrogens is 3. The van der Waals surface area contributed by atoms with Crippen LogP contribution in [-0.4, -0.2) is 64.8 Å². The van der Waals surface area contributed by atoms with Crippen molar-refractivity contribution in [2.24, 2.45) is 5.92 Å². The third-order valence-electron chi connectivity index (χ3n) is 9.51. The average molecular weight is 598 g/mol. The minimum atomic E-state index is -2.83. The molecule has 2 amide bonds. The molecule has 0 saturated carbocycles. The number of carbonyl (C=O) groups is 2. The fourth-order valence-electron chi connectivity index (χ4n) is 7.69. The number of aliphatic hydroxyl groups excluding tert-OH is 1. The standard InChI is InChI=1S/C32H35N5O5Si/c1-19-29(43(3,4)41)27(13-15-36-18-21(14-16-38)33-34-36)42-32(19)24-17-22(11-12-25(24)35(2)31(32)40)37-26-10-6-8-20-7-5-9-23(28(20)26)30(37)39/h5-12,17-19,27,29,38,41H,13-16H2,1-4H3/t19-,27+,29-,32+/m1/s1. The van der Waals surface area contributed by atoms with Gasteiger partial charge < -0.3 is 19.5 Å². The van der Waals surface area contributed by atoms with Crippen LogP contribution in [0.5, 0.6) is 0 Å². The van der Waals surface area contributed by atoms with Crippen LogP contribution >= 0.6 is 0 Å². The molecule has 11 heteroatoms. The van der Waals surface area contributed by atoms with Crippen LogP contribution < -0.4 is 9.80 Å². The van der Waals surface area contributed by atoms with Crippen LogP contribution in [0.2, 0.25) is 18.6 Å². The Morgan fingerprint density at radius 1 is 1.07 bits per heavy atom. The molecule has 0 unspecified atom stereocenters. The number of aryl methyl sites for hydroxylation is 1. The summed E-state index contributed by atoms with van der Waals surface area (Å²) in [6, 6.07) is 17.4. The van der Waals surface area contributed by atoms with Gasteiger partial charge in [0.25, 0.3) is 11.8 Å². The van der Waals surface area contributed by atoms with Gasteiger partial charge >= 0.3 is 0 Å². The number of hydrogen-bond acceptors (Lipinski definition) is 7. The highest BCUT2D eigenvalue weighted by Gasteiger charge is 2.65. The molecule has 4 aromatic rings. The fraction of sp³-hybridized carbons (Fsp3) is 0.375. The van der Waals surface area contributed by atoms with E-state index < -0.39 is 20.0 Å². The second-order valence-corrected chi connectivity index (χ2v) is 16.5. The van der Waals surface area contributed by atoms with E-state index in [9.17, 15) is 19.5 Å². The van der Waals surface area contributed by atoms with Gasteiger partial charge in [0.1, 0.15) is 0 Å². The van der Waals surface area contributed by atoms with Gasteiger partial charge in [-0.3, -0.25) is 19.2 Å². The van der Waals surface area contributed by atoms with Crippen molar-refractivity contribution in [3.63, 3.8) is 0 Å². The van der Waals surface area contributed by atoms with Crippen LogP contribution in [-0.2, 0) is 28.1 Å². The smallest absolute Gasteiger partial charge is 0.264 e. The highest BCUT2D eigenvalue weighted by molar-refractivity contribution is 6.71. The first-order valence-electron chi connectivity index (χ1n) is 14.7. The van der Waals surface area contributed by atoms with E-state index in [1.54, 1.807) is 21.5 Å². The number of aliphatic hydroxyl groups is 1. The van der Waals surface area contributed by atoms with Crippen molar-refractivity contribution >= 4 is 48.0 Å². The number of nitrogens with zero attached hydrogens (tertiary/aromatic N) is 5. The zero-order valence-corrected chi connectivity index (χ0v) is 25.7. The summed E-state index contributed by atoms with van der Waals surface area (Å²) < 4.78 is 8.61. The van der Waals surface area contributed by atoms with Gasteiger partial charge in [0.15, 0.2) is 13.9 Å². The van der Waals surface area contributed by atoms with Crippen molar-refractivity contribution in [3.8, 4) is 0 Å². The van der Waals surface area contributed by atoms with Gasteiger partial charge in [0.2, 0.25) is 0 Å². The molecular weight excluding hydrogens is 562 g/mol. The lowest BCUT2D eigenvalue weighted by molar-refractivity contribution is -0.145. The summed E-state index contributed by atoms with van der Waals surface area (Å²) in [6.07, 6.45) is 2.37. The molecule has 3 aliphatic rings. The number of likely N-dealkylation sites (N-methyl/N-ethyl adjacent to an activating group) is 1. The maximum Gasteiger partial charge on any atom is 0.264 e. The van der Waals surface area contributed by atoms with Gasteiger partial charge in [-0.05, 0) is 55.2 Å². The summed E-state index contributed by atoms with van der Waals surface area (Å²) >= 11 is 0. The molecule has 0 radical (unpaired) electrons. The predicted molar refractivity (Wildman–Crippen MR) is 165 cm³/mol. The third kappa shape index (κ3) is 4.02. The lowest BCUT2D eigenvalue weighted by atomic mass is 9.82. The molecule has 1 spiro atoms. The van der Waals surface area contributed by atoms with E-state index in [1.165, 1.54) is 0 Å². The minimum absolute atomic E-state index is 0.00186. The molecule has 0 aliphatic carbocycles. The number of amides is 2. The summed E-state index contributed by atoms with van der Waals surface area (Å²) in [5.74, 6) is -0.583. The Morgan fingerprint density at radius 3 is 2.58 bits per heavy atom. The number of ether oxygens (including phenoxy) is 1. The summed E-state index contributed by atoms with van der Waals surface area (Å²) in [5, 5.41) is 19.5. The monoisotopic (exact) mass is 597 g/mol.